The highest BCUT2D eigenvalue weighted by atomic mass is 35.5. The molecule has 1 heterocycles. The van der Waals surface area contributed by atoms with Crippen LogP contribution in [-0.4, -0.2) is 11.1 Å². The minimum Gasteiger partial charge on any atom is -0.487 e. The van der Waals surface area contributed by atoms with Crippen molar-refractivity contribution >= 4 is 40.5 Å². The third kappa shape index (κ3) is 3.21. The van der Waals surface area contributed by atoms with Crippen molar-refractivity contribution in [1.82, 2.24) is 0 Å². The number of benzene rings is 1. The van der Waals surface area contributed by atoms with Crippen molar-refractivity contribution in [3.05, 3.63) is 49.6 Å². The third-order valence-corrected chi connectivity index (χ3v) is 4.31. The zero-order chi connectivity index (χ0) is 14.0. The summed E-state index contributed by atoms with van der Waals surface area (Å²) in [7, 11) is 0. The van der Waals surface area contributed by atoms with Crippen molar-refractivity contribution in [2.75, 3.05) is 0 Å². The Labute approximate surface area is 124 Å². The van der Waals surface area contributed by atoms with Gasteiger partial charge in [0.05, 0.1) is 10.0 Å². The van der Waals surface area contributed by atoms with Gasteiger partial charge >= 0.3 is 5.97 Å². The molecule has 1 N–H and O–H groups in total. The molecule has 0 fully saturated rings. The Morgan fingerprint density at radius 1 is 1.42 bits per heavy atom. The average Bonchev–Trinajstić information content (AvgIpc) is 2.73. The first-order valence-electron chi connectivity index (χ1n) is 5.38. The van der Waals surface area contributed by atoms with E-state index in [1.165, 1.54) is 11.3 Å². The highest BCUT2D eigenvalue weighted by Crippen LogP contribution is 2.31. The van der Waals surface area contributed by atoms with E-state index < -0.39 is 5.97 Å². The average molecular weight is 317 g/mol. The molecule has 3 nitrogen and oxygen atoms in total. The summed E-state index contributed by atoms with van der Waals surface area (Å²) in [6, 6.07) is 6.94. The predicted molar refractivity (Wildman–Crippen MR) is 76.8 cm³/mol. The molecular weight excluding hydrogens is 307 g/mol. The molecule has 100 valence electrons. The minimum absolute atomic E-state index is 0.176. The van der Waals surface area contributed by atoms with Crippen LogP contribution in [0.25, 0.3) is 0 Å². The molecule has 0 aliphatic heterocycles. The molecule has 0 aliphatic rings. The topological polar surface area (TPSA) is 46.5 Å². The number of rotatable bonds is 4. The number of aryl methyl sites for hydroxylation is 1. The number of aromatic carboxylic acids is 1. The fraction of sp³-hybridized carbons (Fsp3) is 0.154. The molecule has 0 saturated heterocycles. The van der Waals surface area contributed by atoms with E-state index in [4.69, 9.17) is 33.0 Å². The number of thiophene rings is 1. The van der Waals surface area contributed by atoms with Gasteiger partial charge in [-0.25, -0.2) is 4.79 Å². The molecule has 19 heavy (non-hydrogen) atoms. The summed E-state index contributed by atoms with van der Waals surface area (Å²) in [5, 5.41) is 9.93. The minimum atomic E-state index is -0.995. The SMILES string of the molecule is Cc1cc(OCc2cccc(Cl)c2Cl)c(C(=O)O)s1. The van der Waals surface area contributed by atoms with Crippen molar-refractivity contribution in [3.63, 3.8) is 0 Å². The van der Waals surface area contributed by atoms with Gasteiger partial charge in [0.2, 0.25) is 0 Å². The summed E-state index contributed by atoms with van der Waals surface area (Å²) in [5.74, 6) is -0.642. The van der Waals surface area contributed by atoms with Crippen LogP contribution in [0.3, 0.4) is 0 Å². The maximum Gasteiger partial charge on any atom is 0.349 e. The van der Waals surface area contributed by atoms with Crippen LogP contribution in [0.15, 0.2) is 24.3 Å². The normalized spacial score (nSPS) is 10.5. The lowest BCUT2D eigenvalue weighted by Crippen LogP contribution is -2.00. The van der Waals surface area contributed by atoms with Gasteiger partial charge in [0.15, 0.2) is 4.88 Å². The predicted octanol–water partition coefficient (Wildman–Crippen LogP) is 4.64. The van der Waals surface area contributed by atoms with E-state index in [2.05, 4.69) is 0 Å². The van der Waals surface area contributed by atoms with Gasteiger partial charge in [-0.05, 0) is 19.1 Å². The summed E-state index contributed by atoms with van der Waals surface area (Å²) < 4.78 is 5.53. The second-order valence-corrected chi connectivity index (χ2v) is 5.90. The number of ether oxygens (including phenoxy) is 1. The van der Waals surface area contributed by atoms with E-state index in [0.717, 1.165) is 4.88 Å². The van der Waals surface area contributed by atoms with E-state index in [-0.39, 0.29) is 11.5 Å². The van der Waals surface area contributed by atoms with Crippen LogP contribution in [-0.2, 0) is 6.61 Å². The maximum atomic E-state index is 11.1. The number of carboxylic acids is 1. The molecule has 0 radical (unpaired) electrons. The third-order valence-electron chi connectivity index (χ3n) is 2.43. The van der Waals surface area contributed by atoms with Gasteiger partial charge in [-0.15, -0.1) is 11.3 Å². The van der Waals surface area contributed by atoms with Crippen LogP contribution in [0, 0.1) is 6.92 Å². The Bertz CT molecular complexity index is 622. The van der Waals surface area contributed by atoms with Gasteiger partial charge in [0.25, 0.3) is 0 Å². The van der Waals surface area contributed by atoms with Crippen molar-refractivity contribution in [2.24, 2.45) is 0 Å². The maximum absolute atomic E-state index is 11.1. The Morgan fingerprint density at radius 3 is 2.84 bits per heavy atom. The molecule has 6 heteroatoms. The molecular formula is C13H10Cl2O3S. The second-order valence-electron chi connectivity index (χ2n) is 3.86. The van der Waals surface area contributed by atoms with Crippen LogP contribution < -0.4 is 4.74 Å². The van der Waals surface area contributed by atoms with E-state index in [1.807, 2.05) is 6.92 Å². The van der Waals surface area contributed by atoms with Crippen molar-refractivity contribution < 1.29 is 14.6 Å². The van der Waals surface area contributed by atoms with Gasteiger partial charge in [0.1, 0.15) is 12.4 Å². The van der Waals surface area contributed by atoms with Gasteiger partial charge in [-0.3, -0.25) is 0 Å². The zero-order valence-electron chi connectivity index (χ0n) is 9.94. The first-order valence-corrected chi connectivity index (χ1v) is 6.95. The Balaban J connectivity index is 2.19. The summed E-state index contributed by atoms with van der Waals surface area (Å²) in [6.07, 6.45) is 0. The number of hydrogen-bond donors (Lipinski definition) is 1. The molecule has 0 aliphatic carbocycles. The quantitative estimate of drug-likeness (QED) is 0.893. The fourth-order valence-electron chi connectivity index (χ4n) is 1.56. The summed E-state index contributed by atoms with van der Waals surface area (Å²) in [5.41, 5.74) is 0.717. The highest BCUT2D eigenvalue weighted by Gasteiger charge is 2.16. The Kier molecular flexibility index (Phi) is 4.34. The van der Waals surface area contributed by atoms with Crippen molar-refractivity contribution in [2.45, 2.75) is 13.5 Å². The monoisotopic (exact) mass is 316 g/mol. The van der Waals surface area contributed by atoms with E-state index in [1.54, 1.807) is 24.3 Å². The van der Waals surface area contributed by atoms with Gasteiger partial charge in [-0.2, -0.15) is 0 Å². The standard InChI is InChI=1S/C13H10Cl2O3S/c1-7-5-10(12(19-7)13(16)17)18-6-8-3-2-4-9(14)11(8)15/h2-5H,6H2,1H3,(H,16,17). The second kappa shape index (κ2) is 5.82. The lowest BCUT2D eigenvalue weighted by atomic mass is 10.2. The first-order chi connectivity index (χ1) is 8.99. The van der Waals surface area contributed by atoms with Crippen molar-refractivity contribution in [3.8, 4) is 5.75 Å². The summed E-state index contributed by atoms with van der Waals surface area (Å²) in [6.45, 7) is 2.01. The smallest absolute Gasteiger partial charge is 0.349 e. The van der Waals surface area contributed by atoms with E-state index in [9.17, 15) is 4.79 Å². The van der Waals surface area contributed by atoms with Gasteiger partial charge in [-0.1, -0.05) is 35.3 Å². The van der Waals surface area contributed by atoms with Gasteiger partial charge < -0.3 is 9.84 Å². The largest absolute Gasteiger partial charge is 0.487 e. The number of carbonyl (C=O) groups is 1. The summed E-state index contributed by atoms with van der Waals surface area (Å²) >= 11 is 13.1. The molecule has 1 aromatic heterocycles. The lowest BCUT2D eigenvalue weighted by Gasteiger charge is -2.08. The van der Waals surface area contributed by atoms with Crippen molar-refractivity contribution in [1.29, 1.82) is 0 Å². The number of carboxylic acid groups (broad SMARTS) is 1. The molecule has 2 rings (SSSR count). The molecule has 1 aromatic carbocycles. The van der Waals surface area contributed by atoms with Crippen LogP contribution >= 0.6 is 34.5 Å². The number of halogens is 2. The molecule has 0 unspecified atom stereocenters. The van der Waals surface area contributed by atoms with E-state index in [0.29, 0.717) is 21.4 Å². The van der Waals surface area contributed by atoms with Crippen LogP contribution in [0.1, 0.15) is 20.1 Å². The molecule has 0 amide bonds. The van der Waals surface area contributed by atoms with Crippen LogP contribution in [0.4, 0.5) is 0 Å². The molecule has 0 saturated carbocycles. The molecule has 0 spiro atoms. The Morgan fingerprint density at radius 2 is 2.16 bits per heavy atom. The first kappa shape index (κ1) is 14.2. The Hall–Kier alpha value is -1.23. The number of hydrogen-bond acceptors (Lipinski definition) is 3. The fourth-order valence-corrected chi connectivity index (χ4v) is 2.73. The van der Waals surface area contributed by atoms with E-state index >= 15 is 0 Å². The lowest BCUT2D eigenvalue weighted by molar-refractivity contribution is 0.0697. The molecule has 0 atom stereocenters. The van der Waals surface area contributed by atoms with Crippen LogP contribution in [0.2, 0.25) is 10.0 Å². The summed E-state index contributed by atoms with van der Waals surface area (Å²) in [4.78, 5) is 12.1. The van der Waals surface area contributed by atoms with Crippen LogP contribution in [0.5, 0.6) is 5.75 Å². The highest BCUT2D eigenvalue weighted by molar-refractivity contribution is 7.14. The molecule has 2 aromatic rings. The zero-order valence-corrected chi connectivity index (χ0v) is 12.3. The van der Waals surface area contributed by atoms with Gasteiger partial charge in [0, 0.05) is 10.4 Å². The molecule has 0 bridgehead atoms.